The van der Waals surface area contributed by atoms with Gasteiger partial charge in [0.2, 0.25) is 0 Å². The average Bonchev–Trinajstić information content (AvgIpc) is 2.44. The molecular weight excluding hydrogens is 285 g/mol. The van der Waals surface area contributed by atoms with Gasteiger partial charge in [0.15, 0.2) is 0 Å². The van der Waals surface area contributed by atoms with Crippen LogP contribution in [0.4, 0.5) is 24.7 Å². The summed E-state index contributed by atoms with van der Waals surface area (Å²) in [6.45, 7) is 2.65. The average molecular weight is 304 g/mol. The van der Waals surface area contributed by atoms with Crippen LogP contribution in [0.1, 0.15) is 0 Å². The van der Waals surface area contributed by atoms with Gasteiger partial charge >= 0.3 is 6.18 Å². The Bertz CT molecular complexity index is 430. The highest BCUT2D eigenvalue weighted by Gasteiger charge is 2.27. The van der Waals surface area contributed by atoms with Crippen molar-refractivity contribution in [2.75, 3.05) is 56.6 Å². The summed E-state index contributed by atoms with van der Waals surface area (Å²) in [5.74, 6) is 0.485. The van der Waals surface area contributed by atoms with Crippen molar-refractivity contribution in [3.63, 3.8) is 0 Å². The van der Waals surface area contributed by atoms with Crippen LogP contribution in [-0.2, 0) is 4.74 Å². The van der Waals surface area contributed by atoms with Crippen LogP contribution in [0.3, 0.4) is 0 Å². The quantitative estimate of drug-likeness (QED) is 0.833. The number of nitrogens with two attached hydrogens (primary N) is 1. The molecule has 2 N–H and O–H groups in total. The molecule has 0 spiro atoms. The lowest BCUT2D eigenvalue weighted by atomic mass is 10.2. The van der Waals surface area contributed by atoms with Crippen LogP contribution in [0, 0.1) is 0 Å². The van der Waals surface area contributed by atoms with Crippen molar-refractivity contribution in [1.29, 1.82) is 0 Å². The smallest absolute Gasteiger partial charge is 0.384 e. The number of nitrogen functional groups attached to an aromatic ring is 1. The Balaban J connectivity index is 1.67. The molecule has 0 bridgehead atoms. The minimum Gasteiger partial charge on any atom is -0.384 e. The highest BCUT2D eigenvalue weighted by atomic mass is 19.4. The molecular formula is C13H19F3N4O. The summed E-state index contributed by atoms with van der Waals surface area (Å²) in [6.07, 6.45) is -2.52. The van der Waals surface area contributed by atoms with E-state index in [1.807, 2.05) is 6.07 Å². The fourth-order valence-corrected chi connectivity index (χ4v) is 2.20. The minimum atomic E-state index is -4.25. The predicted molar refractivity (Wildman–Crippen MR) is 74.2 cm³/mol. The number of pyridine rings is 1. The number of halogens is 3. The van der Waals surface area contributed by atoms with E-state index in [1.54, 1.807) is 12.3 Å². The van der Waals surface area contributed by atoms with E-state index < -0.39 is 12.8 Å². The maximum atomic E-state index is 11.9. The third kappa shape index (κ3) is 5.39. The molecule has 1 aromatic rings. The Hall–Kier alpha value is -1.54. The number of aromatic nitrogens is 1. The van der Waals surface area contributed by atoms with Crippen LogP contribution in [-0.4, -0.2) is 62.0 Å². The van der Waals surface area contributed by atoms with E-state index >= 15 is 0 Å². The summed E-state index contributed by atoms with van der Waals surface area (Å²) in [6, 6.07) is 3.68. The Morgan fingerprint density at radius 2 is 1.90 bits per heavy atom. The summed E-state index contributed by atoms with van der Waals surface area (Å²) in [5.41, 5.74) is 6.56. The number of hydrogen-bond acceptors (Lipinski definition) is 5. The molecule has 2 heterocycles. The van der Waals surface area contributed by atoms with Crippen molar-refractivity contribution in [3.8, 4) is 0 Å². The first kappa shape index (κ1) is 15.8. The third-order valence-electron chi connectivity index (χ3n) is 3.33. The molecule has 0 amide bonds. The molecule has 0 radical (unpaired) electrons. The molecule has 118 valence electrons. The monoisotopic (exact) mass is 304 g/mol. The van der Waals surface area contributed by atoms with Crippen LogP contribution < -0.4 is 10.6 Å². The van der Waals surface area contributed by atoms with Crippen molar-refractivity contribution in [2.24, 2.45) is 0 Å². The summed E-state index contributed by atoms with van der Waals surface area (Å²) in [4.78, 5) is 8.33. The van der Waals surface area contributed by atoms with Gasteiger partial charge in [0, 0.05) is 32.7 Å². The van der Waals surface area contributed by atoms with Gasteiger partial charge < -0.3 is 15.4 Å². The lowest BCUT2D eigenvalue weighted by Gasteiger charge is -2.35. The summed E-state index contributed by atoms with van der Waals surface area (Å²) >= 11 is 0. The topological polar surface area (TPSA) is 54.6 Å². The van der Waals surface area contributed by atoms with E-state index in [9.17, 15) is 13.2 Å². The third-order valence-corrected chi connectivity index (χ3v) is 3.33. The molecule has 0 unspecified atom stereocenters. The minimum absolute atomic E-state index is 0.100. The van der Waals surface area contributed by atoms with E-state index in [4.69, 9.17) is 5.73 Å². The van der Waals surface area contributed by atoms with Gasteiger partial charge in [-0.3, -0.25) is 4.90 Å². The fourth-order valence-electron chi connectivity index (χ4n) is 2.20. The number of rotatable bonds is 5. The molecule has 1 aliphatic heterocycles. The van der Waals surface area contributed by atoms with Crippen LogP contribution in [0.5, 0.6) is 0 Å². The summed E-state index contributed by atoms with van der Waals surface area (Å²) in [5, 5.41) is 0. The van der Waals surface area contributed by atoms with Crippen molar-refractivity contribution >= 4 is 11.5 Å². The lowest BCUT2D eigenvalue weighted by Crippen LogP contribution is -2.47. The van der Waals surface area contributed by atoms with E-state index in [2.05, 4.69) is 19.5 Å². The molecule has 1 saturated heterocycles. The molecule has 0 aromatic carbocycles. The van der Waals surface area contributed by atoms with Crippen molar-refractivity contribution < 1.29 is 17.9 Å². The van der Waals surface area contributed by atoms with Crippen LogP contribution in [0.15, 0.2) is 18.3 Å². The molecule has 1 aliphatic rings. The zero-order chi connectivity index (χ0) is 15.3. The van der Waals surface area contributed by atoms with Crippen molar-refractivity contribution in [2.45, 2.75) is 6.18 Å². The number of alkyl halides is 3. The molecule has 0 aliphatic carbocycles. The maximum Gasteiger partial charge on any atom is 0.411 e. The molecule has 1 aromatic heterocycles. The molecule has 0 saturated carbocycles. The largest absolute Gasteiger partial charge is 0.411 e. The lowest BCUT2D eigenvalue weighted by molar-refractivity contribution is -0.174. The molecule has 1 fully saturated rings. The Morgan fingerprint density at radius 1 is 1.19 bits per heavy atom. The van der Waals surface area contributed by atoms with E-state index in [1.165, 1.54) is 0 Å². The SMILES string of the molecule is Nc1ccc(N2CCN(CCOCC(F)(F)F)CC2)cn1. The second-order valence-corrected chi connectivity index (χ2v) is 4.94. The molecule has 5 nitrogen and oxygen atoms in total. The molecule has 8 heteroatoms. The first-order chi connectivity index (χ1) is 9.94. The number of hydrogen-bond donors (Lipinski definition) is 1. The van der Waals surface area contributed by atoms with Crippen LogP contribution >= 0.6 is 0 Å². The van der Waals surface area contributed by atoms with Gasteiger partial charge in [-0.15, -0.1) is 0 Å². The number of piperazine rings is 1. The standard InChI is InChI=1S/C13H19F3N4O/c14-13(15,16)10-21-8-7-19-3-5-20(6-4-19)11-1-2-12(17)18-9-11/h1-2,9H,3-8,10H2,(H2,17,18). The van der Waals surface area contributed by atoms with Crippen molar-refractivity contribution in [1.82, 2.24) is 9.88 Å². The number of ether oxygens (including phenoxy) is 1. The van der Waals surface area contributed by atoms with Gasteiger partial charge in [0.1, 0.15) is 12.4 Å². The number of anilines is 2. The molecule has 2 rings (SSSR count). The molecule has 21 heavy (non-hydrogen) atoms. The fraction of sp³-hybridized carbons (Fsp3) is 0.615. The van der Waals surface area contributed by atoms with Gasteiger partial charge in [-0.1, -0.05) is 0 Å². The second kappa shape index (κ2) is 6.95. The Labute approximate surface area is 121 Å². The van der Waals surface area contributed by atoms with Gasteiger partial charge in [-0.2, -0.15) is 13.2 Å². The summed E-state index contributed by atoms with van der Waals surface area (Å²) < 4.78 is 40.4. The second-order valence-electron chi connectivity index (χ2n) is 4.94. The maximum absolute atomic E-state index is 11.9. The Kier molecular flexibility index (Phi) is 5.24. The highest BCUT2D eigenvalue weighted by Crippen LogP contribution is 2.16. The van der Waals surface area contributed by atoms with Gasteiger partial charge in [0.05, 0.1) is 18.5 Å². The Morgan fingerprint density at radius 3 is 2.48 bits per heavy atom. The molecule has 0 atom stereocenters. The summed E-state index contributed by atoms with van der Waals surface area (Å²) in [7, 11) is 0. The van der Waals surface area contributed by atoms with Gasteiger partial charge in [-0.05, 0) is 12.1 Å². The van der Waals surface area contributed by atoms with Crippen LogP contribution in [0.25, 0.3) is 0 Å². The number of nitrogens with zero attached hydrogens (tertiary/aromatic N) is 3. The first-order valence-electron chi connectivity index (χ1n) is 6.77. The van der Waals surface area contributed by atoms with E-state index in [0.29, 0.717) is 12.4 Å². The highest BCUT2D eigenvalue weighted by molar-refractivity contribution is 5.48. The van der Waals surface area contributed by atoms with E-state index in [0.717, 1.165) is 31.9 Å². The zero-order valence-corrected chi connectivity index (χ0v) is 11.6. The van der Waals surface area contributed by atoms with E-state index in [-0.39, 0.29) is 6.61 Å². The predicted octanol–water partition coefficient (Wildman–Crippen LogP) is 1.36. The van der Waals surface area contributed by atoms with Gasteiger partial charge in [0.25, 0.3) is 0 Å². The van der Waals surface area contributed by atoms with Gasteiger partial charge in [-0.25, -0.2) is 4.98 Å². The normalized spacial score (nSPS) is 17.2. The van der Waals surface area contributed by atoms with Crippen LogP contribution in [0.2, 0.25) is 0 Å². The first-order valence-corrected chi connectivity index (χ1v) is 6.77. The zero-order valence-electron chi connectivity index (χ0n) is 11.6. The van der Waals surface area contributed by atoms with Crippen molar-refractivity contribution in [3.05, 3.63) is 18.3 Å².